The molecule has 0 spiro atoms. The molecule has 0 unspecified atom stereocenters. The van der Waals surface area contributed by atoms with Crippen LogP contribution in [0.5, 0.6) is 0 Å². The SMILES string of the molecule is CCOC(=O)NC(=O)CSc1nc(SC)ns1. The number of thioether (sulfide) groups is 2. The average molecular weight is 293 g/mol. The van der Waals surface area contributed by atoms with E-state index in [1.807, 2.05) is 6.26 Å². The van der Waals surface area contributed by atoms with Gasteiger partial charge in [0.25, 0.3) is 0 Å². The Morgan fingerprint density at radius 2 is 2.29 bits per heavy atom. The van der Waals surface area contributed by atoms with Gasteiger partial charge in [-0.25, -0.2) is 9.78 Å². The number of carbonyl (C=O) groups excluding carboxylic acids is 2. The molecule has 0 aliphatic heterocycles. The number of hydrogen-bond donors (Lipinski definition) is 1. The number of amides is 2. The summed E-state index contributed by atoms with van der Waals surface area (Å²) in [6.07, 6.45) is 1.16. The number of rotatable bonds is 5. The van der Waals surface area contributed by atoms with Crippen molar-refractivity contribution in [3.63, 3.8) is 0 Å². The molecular formula is C8H11N3O3S3. The first-order valence-electron chi connectivity index (χ1n) is 4.62. The third-order valence-electron chi connectivity index (χ3n) is 1.41. The van der Waals surface area contributed by atoms with Gasteiger partial charge in [-0.05, 0) is 24.7 Å². The lowest BCUT2D eigenvalue weighted by molar-refractivity contribution is -0.117. The van der Waals surface area contributed by atoms with Crippen LogP contribution in [0.25, 0.3) is 0 Å². The van der Waals surface area contributed by atoms with Gasteiger partial charge >= 0.3 is 6.09 Å². The van der Waals surface area contributed by atoms with Crippen LogP contribution in [0, 0.1) is 0 Å². The zero-order valence-electron chi connectivity index (χ0n) is 9.26. The number of nitrogens with one attached hydrogen (secondary N) is 1. The summed E-state index contributed by atoms with van der Waals surface area (Å²) < 4.78 is 9.33. The molecule has 94 valence electrons. The summed E-state index contributed by atoms with van der Waals surface area (Å²) in [5.74, 6) is -0.295. The smallest absolute Gasteiger partial charge is 0.413 e. The van der Waals surface area contributed by atoms with Gasteiger partial charge in [0.15, 0.2) is 4.34 Å². The van der Waals surface area contributed by atoms with Gasteiger partial charge in [-0.3, -0.25) is 10.1 Å². The second-order valence-electron chi connectivity index (χ2n) is 2.60. The van der Waals surface area contributed by atoms with E-state index in [0.717, 1.165) is 0 Å². The van der Waals surface area contributed by atoms with Gasteiger partial charge in [-0.15, -0.1) is 0 Å². The molecule has 0 bridgehead atoms. The molecule has 1 rings (SSSR count). The second kappa shape index (κ2) is 7.51. The number of carbonyl (C=O) groups is 2. The molecule has 2 amide bonds. The lowest BCUT2D eigenvalue weighted by Gasteiger charge is -2.02. The van der Waals surface area contributed by atoms with Crippen molar-refractivity contribution in [3.8, 4) is 0 Å². The van der Waals surface area contributed by atoms with E-state index in [-0.39, 0.29) is 12.4 Å². The van der Waals surface area contributed by atoms with Crippen molar-refractivity contribution in [3.05, 3.63) is 0 Å². The van der Waals surface area contributed by atoms with Gasteiger partial charge < -0.3 is 4.74 Å². The van der Waals surface area contributed by atoms with Gasteiger partial charge in [0.1, 0.15) is 0 Å². The predicted octanol–water partition coefficient (Wildman–Crippen LogP) is 1.62. The molecule has 6 nitrogen and oxygen atoms in total. The van der Waals surface area contributed by atoms with E-state index < -0.39 is 12.0 Å². The maximum Gasteiger partial charge on any atom is 0.413 e. The molecule has 0 aliphatic rings. The minimum atomic E-state index is -0.722. The van der Waals surface area contributed by atoms with Crippen LogP contribution in [0.1, 0.15) is 6.92 Å². The molecule has 0 atom stereocenters. The number of imide groups is 1. The molecule has 0 saturated carbocycles. The second-order valence-corrected chi connectivity index (χ2v) is 5.35. The predicted molar refractivity (Wildman–Crippen MR) is 67.6 cm³/mol. The fraction of sp³-hybridized carbons (Fsp3) is 0.500. The lowest BCUT2D eigenvalue weighted by Crippen LogP contribution is -2.32. The van der Waals surface area contributed by atoms with Gasteiger partial charge in [0.05, 0.1) is 12.4 Å². The van der Waals surface area contributed by atoms with Gasteiger partial charge in [0.2, 0.25) is 11.1 Å². The highest BCUT2D eigenvalue weighted by molar-refractivity contribution is 8.01. The Labute approximate surface area is 111 Å². The van der Waals surface area contributed by atoms with Gasteiger partial charge in [-0.2, -0.15) is 4.37 Å². The summed E-state index contributed by atoms with van der Waals surface area (Å²) in [6, 6.07) is 0. The first-order valence-corrected chi connectivity index (χ1v) is 7.61. The molecule has 0 fully saturated rings. The molecule has 0 saturated heterocycles. The van der Waals surface area contributed by atoms with E-state index in [9.17, 15) is 9.59 Å². The van der Waals surface area contributed by atoms with Crippen molar-refractivity contribution in [2.45, 2.75) is 16.4 Å². The van der Waals surface area contributed by atoms with Crippen LogP contribution in [0.3, 0.4) is 0 Å². The first-order chi connectivity index (χ1) is 8.15. The monoisotopic (exact) mass is 293 g/mol. The standard InChI is InChI=1S/C8H11N3O3S3/c1-3-14-7(13)9-5(12)4-16-8-10-6(15-2)11-17-8/h3-4H2,1-2H3,(H,9,12,13). The summed E-state index contributed by atoms with van der Waals surface area (Å²) in [6.45, 7) is 1.91. The van der Waals surface area contributed by atoms with Crippen molar-refractivity contribution in [1.82, 2.24) is 14.7 Å². The van der Waals surface area contributed by atoms with E-state index in [1.165, 1.54) is 35.1 Å². The third kappa shape index (κ3) is 5.37. The summed E-state index contributed by atoms with van der Waals surface area (Å²) in [5.41, 5.74) is 0. The lowest BCUT2D eigenvalue weighted by atomic mass is 10.7. The summed E-state index contributed by atoms with van der Waals surface area (Å²) >= 11 is 3.91. The van der Waals surface area contributed by atoms with Crippen LogP contribution in [0.15, 0.2) is 9.50 Å². The van der Waals surface area contributed by atoms with E-state index >= 15 is 0 Å². The zero-order chi connectivity index (χ0) is 12.7. The first kappa shape index (κ1) is 14.3. The van der Waals surface area contributed by atoms with Crippen LogP contribution >= 0.6 is 35.1 Å². The molecule has 1 aromatic heterocycles. The fourth-order valence-electron chi connectivity index (χ4n) is 0.783. The minimum absolute atomic E-state index is 0.113. The molecule has 0 aliphatic carbocycles. The molecule has 1 aromatic rings. The Hall–Kier alpha value is -0.800. The Morgan fingerprint density at radius 3 is 2.88 bits per heavy atom. The normalized spacial score (nSPS) is 10.0. The van der Waals surface area contributed by atoms with E-state index in [2.05, 4.69) is 19.4 Å². The summed E-state index contributed by atoms with van der Waals surface area (Å²) in [4.78, 5) is 26.4. The van der Waals surface area contributed by atoms with Crippen LogP contribution in [-0.2, 0) is 9.53 Å². The highest BCUT2D eigenvalue weighted by atomic mass is 32.2. The molecular weight excluding hydrogens is 282 g/mol. The third-order valence-corrected chi connectivity index (χ3v) is 3.91. The summed E-state index contributed by atoms with van der Waals surface area (Å²) in [7, 11) is 0. The van der Waals surface area contributed by atoms with Crippen molar-refractivity contribution in [1.29, 1.82) is 0 Å². The molecule has 9 heteroatoms. The van der Waals surface area contributed by atoms with Crippen molar-refractivity contribution in [2.24, 2.45) is 0 Å². The molecule has 1 heterocycles. The summed E-state index contributed by atoms with van der Waals surface area (Å²) in [5, 5.41) is 2.79. The highest BCUT2D eigenvalue weighted by Gasteiger charge is 2.10. The topological polar surface area (TPSA) is 81.2 Å². The Morgan fingerprint density at radius 1 is 1.53 bits per heavy atom. The number of alkyl carbamates (subject to hydrolysis) is 1. The van der Waals surface area contributed by atoms with Crippen molar-refractivity contribution in [2.75, 3.05) is 18.6 Å². The molecule has 0 radical (unpaired) electrons. The number of nitrogens with zero attached hydrogens (tertiary/aromatic N) is 2. The van der Waals surface area contributed by atoms with Crippen LogP contribution in [0.4, 0.5) is 4.79 Å². The quantitative estimate of drug-likeness (QED) is 0.826. The van der Waals surface area contributed by atoms with Crippen LogP contribution < -0.4 is 5.32 Å². The molecule has 0 aromatic carbocycles. The maximum atomic E-state index is 11.3. The number of hydrogen-bond acceptors (Lipinski definition) is 8. The maximum absolute atomic E-state index is 11.3. The number of ether oxygens (including phenoxy) is 1. The molecule has 1 N–H and O–H groups in total. The average Bonchev–Trinajstić information content (AvgIpc) is 2.74. The van der Waals surface area contributed by atoms with Crippen LogP contribution in [0.2, 0.25) is 0 Å². The largest absolute Gasteiger partial charge is 0.450 e. The van der Waals surface area contributed by atoms with Crippen LogP contribution in [-0.4, -0.2) is 40.0 Å². The van der Waals surface area contributed by atoms with Gasteiger partial charge in [0, 0.05) is 0 Å². The Bertz CT molecular complexity index is 396. The van der Waals surface area contributed by atoms with Gasteiger partial charge in [-0.1, -0.05) is 23.5 Å². The van der Waals surface area contributed by atoms with Crippen molar-refractivity contribution >= 4 is 47.1 Å². The van der Waals surface area contributed by atoms with E-state index in [0.29, 0.717) is 9.50 Å². The minimum Gasteiger partial charge on any atom is -0.450 e. The zero-order valence-corrected chi connectivity index (χ0v) is 11.7. The van der Waals surface area contributed by atoms with E-state index in [4.69, 9.17) is 0 Å². The molecule has 17 heavy (non-hydrogen) atoms. The Balaban J connectivity index is 2.30. The Kier molecular flexibility index (Phi) is 6.30. The fourth-order valence-corrected chi connectivity index (χ4v) is 2.79. The number of aromatic nitrogens is 2. The van der Waals surface area contributed by atoms with Crippen molar-refractivity contribution < 1.29 is 14.3 Å². The highest BCUT2D eigenvalue weighted by Crippen LogP contribution is 2.22. The van der Waals surface area contributed by atoms with E-state index in [1.54, 1.807) is 6.92 Å².